The Morgan fingerprint density at radius 3 is 2.47 bits per heavy atom. The molecule has 0 spiro atoms. The second-order valence-electron chi connectivity index (χ2n) is 7.78. The number of likely N-dealkylation sites (tertiary alicyclic amines) is 1. The molecule has 0 amide bonds. The van der Waals surface area contributed by atoms with E-state index in [2.05, 4.69) is 41.3 Å². The second kappa shape index (κ2) is 14.8. The smallest absolute Gasteiger partial charge is 0.191 e. The third-order valence-electron chi connectivity index (χ3n) is 4.79. The van der Waals surface area contributed by atoms with Crippen LogP contribution in [0.4, 0.5) is 4.39 Å². The maximum absolute atomic E-state index is 13.0. The largest absolute Gasteiger partial charge is 0.489 e. The lowest BCUT2D eigenvalue weighted by Crippen LogP contribution is -2.49. The summed E-state index contributed by atoms with van der Waals surface area (Å²) >= 11 is 0. The van der Waals surface area contributed by atoms with E-state index in [4.69, 9.17) is 9.47 Å². The Kier molecular flexibility index (Phi) is 13.3. The van der Waals surface area contributed by atoms with Crippen LogP contribution >= 0.6 is 24.0 Å². The predicted molar refractivity (Wildman–Crippen MR) is 132 cm³/mol. The summed E-state index contributed by atoms with van der Waals surface area (Å²) in [6.07, 6.45) is 2.38. The van der Waals surface area contributed by atoms with Gasteiger partial charge in [-0.3, -0.25) is 0 Å². The molecule has 1 saturated heterocycles. The fourth-order valence-electron chi connectivity index (χ4n) is 3.23. The molecule has 1 aliphatic heterocycles. The molecule has 1 atom stereocenters. The van der Waals surface area contributed by atoms with E-state index in [1.165, 1.54) is 12.1 Å². The van der Waals surface area contributed by atoms with Crippen molar-refractivity contribution in [3.63, 3.8) is 0 Å². The van der Waals surface area contributed by atoms with Crippen LogP contribution in [0.3, 0.4) is 0 Å². The van der Waals surface area contributed by atoms with E-state index in [1.54, 1.807) is 12.1 Å². The third kappa shape index (κ3) is 10.8. The lowest BCUT2D eigenvalue weighted by atomic mass is 10.1. The number of ether oxygens (including phenoxy) is 2. The number of benzene rings is 1. The predicted octanol–water partition coefficient (Wildman–Crippen LogP) is 3.66. The molecule has 0 bridgehead atoms. The number of piperidine rings is 1. The molecule has 8 heteroatoms. The minimum Gasteiger partial charge on any atom is -0.489 e. The minimum absolute atomic E-state index is 0. The zero-order valence-electron chi connectivity index (χ0n) is 18.7. The Hall–Kier alpha value is -1.13. The summed E-state index contributed by atoms with van der Waals surface area (Å²) in [5.41, 5.74) is 0. The third-order valence-corrected chi connectivity index (χ3v) is 4.79. The summed E-state index contributed by atoms with van der Waals surface area (Å²) < 4.78 is 24.5. The topological polar surface area (TPSA) is 58.1 Å². The van der Waals surface area contributed by atoms with E-state index in [0.717, 1.165) is 51.6 Å². The van der Waals surface area contributed by atoms with E-state index >= 15 is 0 Å². The van der Waals surface area contributed by atoms with Gasteiger partial charge in [-0.05, 0) is 64.8 Å². The van der Waals surface area contributed by atoms with Gasteiger partial charge in [0.05, 0.1) is 19.3 Å². The van der Waals surface area contributed by atoms with Crippen molar-refractivity contribution in [2.45, 2.75) is 58.8 Å². The summed E-state index contributed by atoms with van der Waals surface area (Å²) in [5, 5.41) is 6.87. The molecule has 172 valence electrons. The Balaban J connectivity index is 0.00000450. The Labute approximate surface area is 198 Å². The second-order valence-corrected chi connectivity index (χ2v) is 7.78. The van der Waals surface area contributed by atoms with Gasteiger partial charge in [-0.15, -0.1) is 24.0 Å². The molecule has 1 aliphatic rings. The van der Waals surface area contributed by atoms with Crippen molar-refractivity contribution in [2.75, 3.05) is 39.3 Å². The highest BCUT2D eigenvalue weighted by Crippen LogP contribution is 2.13. The number of hydrogen-bond donors (Lipinski definition) is 2. The minimum atomic E-state index is -0.264. The first-order chi connectivity index (χ1) is 14.0. The molecule has 1 heterocycles. The van der Waals surface area contributed by atoms with Gasteiger partial charge in [-0.25, -0.2) is 9.38 Å². The molecule has 1 fully saturated rings. The Morgan fingerprint density at radius 1 is 1.20 bits per heavy atom. The van der Waals surface area contributed by atoms with Crippen molar-refractivity contribution < 1.29 is 13.9 Å². The summed E-state index contributed by atoms with van der Waals surface area (Å²) in [4.78, 5) is 7.13. The van der Waals surface area contributed by atoms with Crippen LogP contribution in [0.25, 0.3) is 0 Å². The average molecular weight is 536 g/mol. The van der Waals surface area contributed by atoms with Crippen LogP contribution in [0.2, 0.25) is 0 Å². The quantitative estimate of drug-likeness (QED) is 0.272. The maximum Gasteiger partial charge on any atom is 0.191 e. The fraction of sp³-hybridized carbons (Fsp3) is 0.682. The zero-order valence-corrected chi connectivity index (χ0v) is 21.0. The Bertz CT molecular complexity index is 608. The van der Waals surface area contributed by atoms with Crippen LogP contribution in [0.1, 0.15) is 40.5 Å². The highest BCUT2D eigenvalue weighted by Gasteiger charge is 2.20. The van der Waals surface area contributed by atoms with Gasteiger partial charge in [-0.1, -0.05) is 0 Å². The van der Waals surface area contributed by atoms with E-state index < -0.39 is 0 Å². The number of hydrogen-bond acceptors (Lipinski definition) is 4. The van der Waals surface area contributed by atoms with Crippen molar-refractivity contribution in [1.29, 1.82) is 0 Å². The first-order valence-corrected chi connectivity index (χ1v) is 10.8. The summed E-state index contributed by atoms with van der Waals surface area (Å²) in [6.45, 7) is 13.4. The summed E-state index contributed by atoms with van der Waals surface area (Å²) in [7, 11) is 0. The van der Waals surface area contributed by atoms with E-state index in [-0.39, 0.29) is 35.9 Å². The molecule has 30 heavy (non-hydrogen) atoms. The molecular weight excluding hydrogens is 498 g/mol. The molecule has 0 aliphatic carbocycles. The molecule has 1 aromatic rings. The molecule has 0 radical (unpaired) electrons. The van der Waals surface area contributed by atoms with Gasteiger partial charge >= 0.3 is 0 Å². The molecule has 0 aromatic heterocycles. The summed E-state index contributed by atoms with van der Waals surface area (Å²) in [5.74, 6) is 1.21. The van der Waals surface area contributed by atoms with Gasteiger partial charge in [0.2, 0.25) is 0 Å². The Morgan fingerprint density at radius 2 is 1.87 bits per heavy atom. The van der Waals surface area contributed by atoms with Gasteiger partial charge in [-0.2, -0.15) is 0 Å². The molecule has 6 nitrogen and oxygen atoms in total. The number of nitrogens with zero attached hydrogens (tertiary/aromatic N) is 2. The standard InChI is InChI=1S/C22H37FN4O2.HI/c1-5-24-22(25-16-18(4)29-21-8-6-19(23)7-9-21)26-20-10-12-27(13-11-20)14-15-28-17(2)3;/h6-9,17-18,20H,5,10-16H2,1-4H3,(H2,24,25,26);1H. The number of guanidine groups is 1. The highest BCUT2D eigenvalue weighted by molar-refractivity contribution is 14.0. The number of halogens is 2. The highest BCUT2D eigenvalue weighted by atomic mass is 127. The molecule has 2 rings (SSSR count). The van der Waals surface area contributed by atoms with Crippen LogP contribution in [0.5, 0.6) is 5.75 Å². The van der Waals surface area contributed by atoms with Gasteiger partial charge in [0, 0.05) is 32.2 Å². The number of rotatable bonds is 10. The normalized spacial score (nSPS) is 16.8. The van der Waals surface area contributed by atoms with Gasteiger partial charge in [0.1, 0.15) is 17.7 Å². The molecule has 2 N–H and O–H groups in total. The van der Waals surface area contributed by atoms with Crippen molar-refractivity contribution in [2.24, 2.45) is 4.99 Å². The van der Waals surface area contributed by atoms with E-state index in [0.29, 0.717) is 24.4 Å². The van der Waals surface area contributed by atoms with Crippen molar-refractivity contribution >= 4 is 29.9 Å². The van der Waals surface area contributed by atoms with Crippen molar-refractivity contribution in [3.8, 4) is 5.75 Å². The maximum atomic E-state index is 13.0. The summed E-state index contributed by atoms with van der Waals surface area (Å²) in [6, 6.07) is 6.50. The van der Waals surface area contributed by atoms with Gasteiger partial charge in [0.15, 0.2) is 5.96 Å². The SMILES string of the molecule is CCNC(=NCC(C)Oc1ccc(F)cc1)NC1CCN(CCOC(C)C)CC1.I. The van der Waals surface area contributed by atoms with Gasteiger partial charge in [0.25, 0.3) is 0 Å². The first-order valence-electron chi connectivity index (χ1n) is 10.8. The van der Waals surface area contributed by atoms with E-state index in [1.807, 2.05) is 6.92 Å². The lowest BCUT2D eigenvalue weighted by Gasteiger charge is -2.33. The van der Waals surface area contributed by atoms with E-state index in [9.17, 15) is 4.39 Å². The van der Waals surface area contributed by atoms with Crippen LogP contribution in [0, 0.1) is 5.82 Å². The molecule has 1 aromatic carbocycles. The van der Waals surface area contributed by atoms with Gasteiger partial charge < -0.3 is 25.0 Å². The van der Waals surface area contributed by atoms with Crippen molar-refractivity contribution in [1.82, 2.24) is 15.5 Å². The zero-order chi connectivity index (χ0) is 21.1. The monoisotopic (exact) mass is 536 g/mol. The fourth-order valence-corrected chi connectivity index (χ4v) is 3.23. The van der Waals surface area contributed by atoms with Crippen LogP contribution in [0.15, 0.2) is 29.3 Å². The first kappa shape index (κ1) is 26.9. The van der Waals surface area contributed by atoms with Crippen LogP contribution < -0.4 is 15.4 Å². The van der Waals surface area contributed by atoms with Crippen LogP contribution in [-0.2, 0) is 4.74 Å². The van der Waals surface area contributed by atoms with Crippen LogP contribution in [-0.4, -0.2) is 68.4 Å². The molecule has 0 saturated carbocycles. The number of aliphatic imine (C=N–C) groups is 1. The van der Waals surface area contributed by atoms with Crippen molar-refractivity contribution in [3.05, 3.63) is 30.1 Å². The lowest BCUT2D eigenvalue weighted by molar-refractivity contribution is 0.0532. The number of nitrogens with one attached hydrogen (secondary N) is 2. The molecule has 1 unspecified atom stereocenters. The average Bonchev–Trinajstić information content (AvgIpc) is 2.69. The molecular formula is C22H38FIN4O2.